The molecule has 0 aromatic carbocycles. The molecule has 78 valence electrons. The zero-order valence-electron chi connectivity index (χ0n) is 8.86. The van der Waals surface area contributed by atoms with Gasteiger partial charge in [0, 0.05) is 38.1 Å². The van der Waals surface area contributed by atoms with E-state index in [2.05, 4.69) is 10.3 Å². The predicted octanol–water partition coefficient (Wildman–Crippen LogP) is 0.940. The zero-order valence-corrected chi connectivity index (χ0v) is 8.86. The fourth-order valence-corrected chi connectivity index (χ4v) is 1.15. The number of rotatable bonds is 4. The monoisotopic (exact) mass is 195 g/mol. The van der Waals surface area contributed by atoms with E-state index in [-0.39, 0.29) is 12.6 Å². The van der Waals surface area contributed by atoms with Gasteiger partial charge in [0.2, 0.25) is 0 Å². The second-order valence-electron chi connectivity index (χ2n) is 3.29. The molecule has 0 bridgehead atoms. The first kappa shape index (κ1) is 10.8. The van der Waals surface area contributed by atoms with Crippen LogP contribution in [-0.2, 0) is 0 Å². The Kier molecular flexibility index (Phi) is 3.71. The molecule has 1 rings (SSSR count). The van der Waals surface area contributed by atoms with Crippen LogP contribution < -0.4 is 10.2 Å². The lowest BCUT2D eigenvalue weighted by atomic mass is 10.2. The Morgan fingerprint density at radius 3 is 2.93 bits per heavy atom. The number of aliphatic hydroxyl groups is 1. The molecular weight excluding hydrogens is 178 g/mol. The van der Waals surface area contributed by atoms with Crippen molar-refractivity contribution in [3.63, 3.8) is 0 Å². The minimum Gasteiger partial charge on any atom is -0.394 e. The zero-order chi connectivity index (χ0) is 10.6. The van der Waals surface area contributed by atoms with E-state index in [0.717, 1.165) is 11.5 Å². The average molecular weight is 195 g/mol. The molecule has 1 aromatic heterocycles. The highest BCUT2D eigenvalue weighted by atomic mass is 16.3. The van der Waals surface area contributed by atoms with Crippen LogP contribution in [0.4, 0.5) is 11.5 Å². The summed E-state index contributed by atoms with van der Waals surface area (Å²) in [6, 6.07) is 3.99. The maximum atomic E-state index is 9.02. The number of nitrogens with one attached hydrogen (secondary N) is 1. The van der Waals surface area contributed by atoms with E-state index >= 15 is 0 Å². The molecule has 1 atom stereocenters. The van der Waals surface area contributed by atoms with Crippen LogP contribution in [0.15, 0.2) is 18.3 Å². The topological polar surface area (TPSA) is 48.4 Å². The Balaban J connectivity index is 2.83. The molecule has 1 aromatic rings. The highest BCUT2D eigenvalue weighted by Gasteiger charge is 2.08. The molecule has 0 aliphatic heterocycles. The summed E-state index contributed by atoms with van der Waals surface area (Å²) in [5.41, 5.74) is 1.05. The fraction of sp³-hybridized carbons (Fsp3) is 0.500. The summed E-state index contributed by atoms with van der Waals surface area (Å²) < 4.78 is 0. The van der Waals surface area contributed by atoms with Crippen molar-refractivity contribution >= 4 is 11.5 Å². The third-order valence-corrected chi connectivity index (χ3v) is 2.33. The lowest BCUT2D eigenvalue weighted by molar-refractivity contribution is 0.270. The van der Waals surface area contributed by atoms with Crippen LogP contribution in [0, 0.1) is 0 Å². The van der Waals surface area contributed by atoms with E-state index < -0.39 is 0 Å². The molecule has 0 saturated heterocycles. The van der Waals surface area contributed by atoms with Crippen molar-refractivity contribution in [3.8, 4) is 0 Å². The molecule has 0 aliphatic carbocycles. The number of pyridine rings is 1. The van der Waals surface area contributed by atoms with Crippen LogP contribution in [-0.4, -0.2) is 36.8 Å². The van der Waals surface area contributed by atoms with Crippen molar-refractivity contribution in [2.75, 3.05) is 30.9 Å². The van der Waals surface area contributed by atoms with Gasteiger partial charge in [0.1, 0.15) is 5.82 Å². The van der Waals surface area contributed by atoms with Gasteiger partial charge in [-0.1, -0.05) is 0 Å². The standard InChI is InChI=1S/C10H17N3O/c1-8(7-14)13(3)9-4-5-12-10(6-9)11-2/h4-6,8,14H,7H2,1-3H3,(H,11,12). The van der Waals surface area contributed by atoms with Gasteiger partial charge in [0.15, 0.2) is 0 Å². The molecule has 2 N–H and O–H groups in total. The SMILES string of the molecule is CNc1cc(N(C)C(C)CO)ccn1. The van der Waals surface area contributed by atoms with Crippen molar-refractivity contribution in [2.24, 2.45) is 0 Å². The lowest BCUT2D eigenvalue weighted by Crippen LogP contribution is -2.31. The van der Waals surface area contributed by atoms with Gasteiger partial charge < -0.3 is 15.3 Å². The molecule has 1 heterocycles. The smallest absolute Gasteiger partial charge is 0.127 e. The molecule has 14 heavy (non-hydrogen) atoms. The van der Waals surface area contributed by atoms with E-state index in [1.54, 1.807) is 6.20 Å². The molecule has 4 nitrogen and oxygen atoms in total. The maximum absolute atomic E-state index is 9.02. The van der Waals surface area contributed by atoms with Gasteiger partial charge in [-0.2, -0.15) is 0 Å². The Morgan fingerprint density at radius 1 is 1.64 bits per heavy atom. The summed E-state index contributed by atoms with van der Waals surface area (Å²) in [6.45, 7) is 2.12. The van der Waals surface area contributed by atoms with Crippen LogP contribution in [0.25, 0.3) is 0 Å². The van der Waals surface area contributed by atoms with Crippen LogP contribution in [0.3, 0.4) is 0 Å². The first-order valence-electron chi connectivity index (χ1n) is 4.66. The van der Waals surface area contributed by atoms with Crippen LogP contribution >= 0.6 is 0 Å². The molecular formula is C10H17N3O. The van der Waals surface area contributed by atoms with E-state index in [1.807, 2.05) is 38.1 Å². The number of anilines is 2. The van der Waals surface area contributed by atoms with Gasteiger partial charge in [-0.25, -0.2) is 4.98 Å². The van der Waals surface area contributed by atoms with Gasteiger partial charge in [-0.05, 0) is 13.0 Å². The number of nitrogens with zero attached hydrogens (tertiary/aromatic N) is 2. The second kappa shape index (κ2) is 4.81. The first-order chi connectivity index (χ1) is 6.69. The molecule has 4 heteroatoms. The average Bonchev–Trinajstić information content (AvgIpc) is 2.27. The number of aliphatic hydroxyl groups excluding tert-OH is 1. The Hall–Kier alpha value is -1.29. The van der Waals surface area contributed by atoms with Gasteiger partial charge in [-0.15, -0.1) is 0 Å². The van der Waals surface area contributed by atoms with Gasteiger partial charge in [-0.3, -0.25) is 0 Å². The van der Waals surface area contributed by atoms with Crippen molar-refractivity contribution in [2.45, 2.75) is 13.0 Å². The molecule has 0 amide bonds. The fourth-order valence-electron chi connectivity index (χ4n) is 1.15. The quantitative estimate of drug-likeness (QED) is 0.750. The van der Waals surface area contributed by atoms with E-state index in [0.29, 0.717) is 0 Å². The van der Waals surface area contributed by atoms with Gasteiger partial charge in [0.25, 0.3) is 0 Å². The summed E-state index contributed by atoms with van der Waals surface area (Å²) in [5.74, 6) is 0.833. The molecule has 0 radical (unpaired) electrons. The summed E-state index contributed by atoms with van der Waals surface area (Å²) in [6.07, 6.45) is 1.75. The maximum Gasteiger partial charge on any atom is 0.127 e. The largest absolute Gasteiger partial charge is 0.394 e. The molecule has 1 unspecified atom stereocenters. The first-order valence-corrected chi connectivity index (χ1v) is 4.66. The Labute approximate surface area is 84.6 Å². The summed E-state index contributed by atoms with van der Waals surface area (Å²) in [4.78, 5) is 6.14. The van der Waals surface area contributed by atoms with E-state index in [4.69, 9.17) is 5.11 Å². The number of likely N-dealkylation sites (N-methyl/N-ethyl adjacent to an activating group) is 1. The minimum atomic E-state index is 0.113. The van der Waals surface area contributed by atoms with Crippen LogP contribution in [0.2, 0.25) is 0 Å². The number of aromatic nitrogens is 1. The normalized spacial score (nSPS) is 12.3. The van der Waals surface area contributed by atoms with Crippen molar-refractivity contribution in [3.05, 3.63) is 18.3 Å². The summed E-state index contributed by atoms with van der Waals surface area (Å²) >= 11 is 0. The number of hydrogen-bond acceptors (Lipinski definition) is 4. The third-order valence-electron chi connectivity index (χ3n) is 2.33. The van der Waals surface area contributed by atoms with Gasteiger partial charge in [0.05, 0.1) is 6.61 Å². The summed E-state index contributed by atoms with van der Waals surface area (Å²) in [5, 5.41) is 12.0. The number of hydrogen-bond donors (Lipinski definition) is 2. The summed E-state index contributed by atoms with van der Waals surface area (Å²) in [7, 11) is 3.79. The Bertz CT molecular complexity index is 290. The van der Waals surface area contributed by atoms with E-state index in [1.165, 1.54) is 0 Å². The lowest BCUT2D eigenvalue weighted by Gasteiger charge is -2.25. The van der Waals surface area contributed by atoms with E-state index in [9.17, 15) is 0 Å². The highest BCUT2D eigenvalue weighted by Crippen LogP contribution is 2.17. The van der Waals surface area contributed by atoms with Crippen molar-refractivity contribution in [1.82, 2.24) is 4.98 Å². The van der Waals surface area contributed by atoms with Crippen LogP contribution in [0.5, 0.6) is 0 Å². The van der Waals surface area contributed by atoms with Crippen molar-refractivity contribution in [1.29, 1.82) is 0 Å². The Morgan fingerprint density at radius 2 is 2.36 bits per heavy atom. The second-order valence-corrected chi connectivity index (χ2v) is 3.29. The molecule has 0 spiro atoms. The minimum absolute atomic E-state index is 0.113. The van der Waals surface area contributed by atoms with Gasteiger partial charge >= 0.3 is 0 Å². The third kappa shape index (κ3) is 2.35. The molecule has 0 fully saturated rings. The molecule has 0 saturated carbocycles. The van der Waals surface area contributed by atoms with Crippen molar-refractivity contribution < 1.29 is 5.11 Å². The predicted molar refractivity (Wildman–Crippen MR) is 58.7 cm³/mol. The molecule has 0 aliphatic rings. The highest BCUT2D eigenvalue weighted by molar-refractivity contribution is 5.53. The van der Waals surface area contributed by atoms with Crippen LogP contribution in [0.1, 0.15) is 6.92 Å².